The summed E-state index contributed by atoms with van der Waals surface area (Å²) in [4.78, 5) is 28.0. The number of hydrogen-bond acceptors (Lipinski definition) is 5. The van der Waals surface area contributed by atoms with Crippen molar-refractivity contribution in [3.63, 3.8) is 0 Å². The van der Waals surface area contributed by atoms with Crippen LogP contribution >= 0.6 is 0 Å². The molecule has 0 aliphatic heterocycles. The van der Waals surface area contributed by atoms with Gasteiger partial charge in [0.15, 0.2) is 5.82 Å². The van der Waals surface area contributed by atoms with Gasteiger partial charge in [0, 0.05) is 37.1 Å². The van der Waals surface area contributed by atoms with Crippen LogP contribution < -0.4 is 4.74 Å². The Morgan fingerprint density at radius 1 is 1.09 bits per heavy atom. The van der Waals surface area contributed by atoms with Gasteiger partial charge >= 0.3 is 0 Å². The van der Waals surface area contributed by atoms with Crippen LogP contribution in [0.15, 0.2) is 55.0 Å². The number of pyridine rings is 1. The van der Waals surface area contributed by atoms with E-state index >= 15 is 0 Å². The number of halogens is 1. The van der Waals surface area contributed by atoms with Crippen molar-refractivity contribution < 1.29 is 13.9 Å². The first-order chi connectivity index (χ1) is 16.0. The van der Waals surface area contributed by atoms with E-state index in [-0.39, 0.29) is 19.4 Å². The van der Waals surface area contributed by atoms with Gasteiger partial charge in [-0.1, -0.05) is 44.9 Å². The highest BCUT2D eigenvalue weighted by molar-refractivity contribution is 6.00. The fourth-order valence-corrected chi connectivity index (χ4v) is 3.74. The number of carbonyl (C=O) groups excluding carboxylic acids is 1. The molecule has 1 unspecified atom stereocenters. The first-order valence-corrected chi connectivity index (χ1v) is 11.4. The van der Waals surface area contributed by atoms with Crippen LogP contribution in [0.5, 0.6) is 5.88 Å². The first kappa shape index (κ1) is 26.9. The highest BCUT2D eigenvalue weighted by Gasteiger charge is 2.24. The number of benzene rings is 1. The summed E-state index contributed by atoms with van der Waals surface area (Å²) >= 11 is 0. The molecule has 0 saturated carbocycles. The van der Waals surface area contributed by atoms with Crippen molar-refractivity contribution in [1.29, 1.82) is 0 Å². The van der Waals surface area contributed by atoms with Gasteiger partial charge in [0.25, 0.3) is 5.91 Å². The molecule has 1 aromatic carbocycles. The van der Waals surface area contributed by atoms with Gasteiger partial charge in [0.1, 0.15) is 5.82 Å². The Balaban J connectivity index is 0.00000408. The van der Waals surface area contributed by atoms with E-state index in [2.05, 4.69) is 21.9 Å². The van der Waals surface area contributed by atoms with Gasteiger partial charge in [0.2, 0.25) is 5.88 Å². The van der Waals surface area contributed by atoms with Gasteiger partial charge in [0.05, 0.1) is 18.4 Å². The van der Waals surface area contributed by atoms with Crippen LogP contribution in [0.25, 0.3) is 11.4 Å². The van der Waals surface area contributed by atoms with Crippen molar-refractivity contribution in [1.82, 2.24) is 19.9 Å². The van der Waals surface area contributed by atoms with Gasteiger partial charge in [-0.05, 0) is 44.4 Å². The Morgan fingerprint density at radius 2 is 1.82 bits per heavy atom. The molecule has 182 valence electrons. The third kappa shape index (κ3) is 7.33. The van der Waals surface area contributed by atoms with E-state index in [1.807, 2.05) is 37.1 Å². The van der Waals surface area contributed by atoms with Crippen LogP contribution in [-0.4, -0.2) is 45.5 Å². The number of nitrogens with zero attached hydrogens (tertiary/aromatic N) is 4. The number of unbranched alkanes of at least 4 members (excludes halogenated alkanes) is 1. The van der Waals surface area contributed by atoms with E-state index in [0.29, 0.717) is 23.9 Å². The van der Waals surface area contributed by atoms with Crippen molar-refractivity contribution in [2.75, 3.05) is 13.7 Å². The lowest BCUT2D eigenvalue weighted by atomic mass is 9.99. The Labute approximate surface area is 202 Å². The molecule has 1 atom stereocenters. The molecule has 0 spiro atoms. The van der Waals surface area contributed by atoms with Crippen LogP contribution in [-0.2, 0) is 0 Å². The lowest BCUT2D eigenvalue weighted by molar-refractivity contribution is 0.0707. The molecule has 6 nitrogen and oxygen atoms in total. The lowest BCUT2D eigenvalue weighted by Gasteiger charge is -2.29. The summed E-state index contributed by atoms with van der Waals surface area (Å²) < 4.78 is 18.6. The van der Waals surface area contributed by atoms with Crippen LogP contribution in [0, 0.1) is 12.7 Å². The van der Waals surface area contributed by atoms with E-state index in [9.17, 15) is 9.18 Å². The maximum Gasteiger partial charge on any atom is 0.254 e. The molecule has 2 aromatic heterocycles. The SMILES string of the molecule is C.CCCCC(CCCOc1ccc(F)cn1)N(C)C(=O)c1cc(C)ccc1-c1ncccn1. The monoisotopic (exact) mass is 466 g/mol. The largest absolute Gasteiger partial charge is 0.478 e. The molecule has 0 saturated heterocycles. The second kappa shape index (κ2) is 13.4. The highest BCUT2D eigenvalue weighted by Crippen LogP contribution is 2.25. The Morgan fingerprint density at radius 3 is 2.50 bits per heavy atom. The summed E-state index contributed by atoms with van der Waals surface area (Å²) in [6, 6.07) is 10.5. The number of carbonyl (C=O) groups is 1. The summed E-state index contributed by atoms with van der Waals surface area (Å²) in [6.07, 6.45) is 9.06. The average molecular weight is 467 g/mol. The molecule has 0 radical (unpaired) electrons. The third-order valence-electron chi connectivity index (χ3n) is 5.60. The Bertz CT molecular complexity index is 1030. The van der Waals surface area contributed by atoms with Gasteiger partial charge < -0.3 is 9.64 Å². The van der Waals surface area contributed by atoms with Crippen molar-refractivity contribution in [3.05, 3.63) is 71.9 Å². The van der Waals surface area contributed by atoms with Gasteiger partial charge in [-0.2, -0.15) is 0 Å². The first-order valence-electron chi connectivity index (χ1n) is 11.4. The minimum absolute atomic E-state index is 0. The molecule has 2 heterocycles. The second-order valence-corrected chi connectivity index (χ2v) is 8.14. The minimum atomic E-state index is -0.390. The standard InChI is InChI=1S/C26H31FN4O2.CH4/c1-4-5-8-21(9-6-16-33-24-13-11-20(27)18-30-24)31(3)26(32)23-17-19(2)10-12-22(23)25-28-14-7-15-29-25;/h7,10-15,17-18,21H,4-6,8-9,16H2,1-3H3;1H4. The predicted octanol–water partition coefficient (Wildman–Crippen LogP) is 6.11. The fourth-order valence-electron chi connectivity index (χ4n) is 3.74. The van der Waals surface area contributed by atoms with Gasteiger partial charge in [-0.3, -0.25) is 4.79 Å². The van der Waals surface area contributed by atoms with Gasteiger partial charge in [-0.25, -0.2) is 19.3 Å². The number of ether oxygens (including phenoxy) is 1. The molecule has 3 aromatic rings. The topological polar surface area (TPSA) is 68.2 Å². The zero-order valence-electron chi connectivity index (χ0n) is 19.5. The molecule has 0 N–H and O–H groups in total. The van der Waals surface area contributed by atoms with E-state index in [0.717, 1.165) is 49.4 Å². The van der Waals surface area contributed by atoms with Crippen molar-refractivity contribution in [2.24, 2.45) is 0 Å². The zero-order chi connectivity index (χ0) is 23.6. The quantitative estimate of drug-likeness (QED) is 0.319. The molecule has 0 fully saturated rings. The molecule has 7 heteroatoms. The third-order valence-corrected chi connectivity index (χ3v) is 5.60. The van der Waals surface area contributed by atoms with E-state index in [4.69, 9.17) is 4.74 Å². The average Bonchev–Trinajstić information content (AvgIpc) is 2.84. The number of aromatic nitrogens is 3. The van der Waals surface area contributed by atoms with Crippen LogP contribution in [0.3, 0.4) is 0 Å². The Hall–Kier alpha value is -3.35. The highest BCUT2D eigenvalue weighted by atomic mass is 19.1. The predicted molar refractivity (Wildman–Crippen MR) is 133 cm³/mol. The van der Waals surface area contributed by atoms with Crippen LogP contribution in [0.2, 0.25) is 0 Å². The minimum Gasteiger partial charge on any atom is -0.478 e. The van der Waals surface area contributed by atoms with Gasteiger partial charge in [-0.15, -0.1) is 0 Å². The molecule has 1 amide bonds. The molecular weight excluding hydrogens is 431 g/mol. The number of amides is 1. The molecule has 34 heavy (non-hydrogen) atoms. The van der Waals surface area contributed by atoms with E-state index < -0.39 is 5.82 Å². The van der Waals surface area contributed by atoms with E-state index in [1.165, 1.54) is 12.1 Å². The zero-order valence-corrected chi connectivity index (χ0v) is 19.5. The second-order valence-electron chi connectivity index (χ2n) is 8.14. The molecule has 3 rings (SSSR count). The van der Waals surface area contributed by atoms with E-state index in [1.54, 1.807) is 18.5 Å². The number of rotatable bonds is 11. The fraction of sp³-hybridized carbons (Fsp3) is 0.407. The molecule has 0 aliphatic rings. The summed E-state index contributed by atoms with van der Waals surface area (Å²) in [7, 11) is 1.86. The maximum atomic E-state index is 13.6. The summed E-state index contributed by atoms with van der Waals surface area (Å²) in [6.45, 7) is 4.58. The molecule has 0 aliphatic carbocycles. The summed E-state index contributed by atoms with van der Waals surface area (Å²) in [5.74, 6) is 0.514. The Kier molecular flexibility index (Phi) is 10.6. The number of aryl methyl sites for hydroxylation is 1. The summed E-state index contributed by atoms with van der Waals surface area (Å²) in [5.41, 5.74) is 2.35. The lowest BCUT2D eigenvalue weighted by Crippen LogP contribution is -2.37. The normalized spacial score (nSPS) is 11.4. The van der Waals surface area contributed by atoms with Crippen molar-refractivity contribution in [2.45, 2.75) is 59.4 Å². The van der Waals surface area contributed by atoms with Crippen molar-refractivity contribution in [3.8, 4) is 17.3 Å². The molecule has 0 bridgehead atoms. The van der Waals surface area contributed by atoms with Crippen LogP contribution in [0.1, 0.15) is 62.4 Å². The number of hydrogen-bond donors (Lipinski definition) is 0. The van der Waals surface area contributed by atoms with Crippen LogP contribution in [0.4, 0.5) is 4.39 Å². The van der Waals surface area contributed by atoms with Crippen molar-refractivity contribution >= 4 is 5.91 Å². The molecular formula is C27H35FN4O2. The maximum absolute atomic E-state index is 13.6. The summed E-state index contributed by atoms with van der Waals surface area (Å²) in [5, 5.41) is 0. The smallest absolute Gasteiger partial charge is 0.254 e.